The molecule has 0 radical (unpaired) electrons. The molecular weight excluding hydrogens is 399 g/mol. The fourth-order valence-electron chi connectivity index (χ4n) is 1.71. The zero-order valence-corrected chi connectivity index (χ0v) is 19.0. The van der Waals surface area contributed by atoms with Crippen molar-refractivity contribution in [3.8, 4) is 0 Å². The largest absolute Gasteiger partial charge is 0.548 e. The maximum absolute atomic E-state index is 11.5. The number of alkyl carbamates (subject to hydrolysis) is 1. The Balaban J connectivity index is 0. The van der Waals surface area contributed by atoms with Gasteiger partial charge in [0.25, 0.3) is 0 Å². The van der Waals surface area contributed by atoms with Gasteiger partial charge in [-0.05, 0) is 60.1 Å². The van der Waals surface area contributed by atoms with Crippen LogP contribution in [0, 0.1) is 0 Å². The molecule has 0 aliphatic heterocycles. The second kappa shape index (κ2) is 13.7. The van der Waals surface area contributed by atoms with E-state index in [1.165, 1.54) is 24.6 Å². The van der Waals surface area contributed by atoms with Crippen molar-refractivity contribution in [2.45, 2.75) is 81.5 Å². The van der Waals surface area contributed by atoms with Gasteiger partial charge in [-0.1, -0.05) is 6.42 Å². The number of nitrogens with one attached hydrogen (secondary N) is 1. The lowest BCUT2D eigenvalue weighted by atomic mass is 10.0. The summed E-state index contributed by atoms with van der Waals surface area (Å²) in [4.78, 5) is 22.3. The number of alkyl halides is 2. The van der Waals surface area contributed by atoms with Gasteiger partial charge in [0.15, 0.2) is 0 Å². The number of hydrogen-bond donors (Lipinski definition) is 2. The van der Waals surface area contributed by atoms with Gasteiger partial charge in [-0.3, -0.25) is 0 Å². The molecular formula is C17H34Cl2N2O4S. The molecule has 0 aliphatic carbocycles. The Bertz CT molecular complexity index is 416. The van der Waals surface area contributed by atoms with E-state index < -0.39 is 28.5 Å². The number of rotatable bonds is 9. The lowest BCUT2D eigenvalue weighted by molar-refractivity contribution is -0.368. The van der Waals surface area contributed by atoms with E-state index in [0.717, 1.165) is 19.4 Å². The van der Waals surface area contributed by atoms with Crippen molar-refractivity contribution in [1.82, 2.24) is 5.32 Å². The molecule has 0 heterocycles. The second-order valence-corrected chi connectivity index (χ2v) is 10.0. The Hall–Kier alpha value is -0.370. The van der Waals surface area contributed by atoms with Crippen LogP contribution in [0.3, 0.4) is 0 Å². The van der Waals surface area contributed by atoms with E-state index in [-0.39, 0.29) is 4.84 Å². The summed E-state index contributed by atoms with van der Waals surface area (Å²) < 4.78 is 4.34. The number of carboxylic acid groups (broad SMARTS) is 1. The standard InChI is InChI=1S/C11H21NO4S.C6H13Cl2N/c1-10(2,3)16-9(15)12-7(8(13)14)11(4,5)17-6;7-6(8)4-2-1-3-5-9/h7H,1-6H3,(H,12,15)(H,13,14);6H,1-5,9H2/t7-;/m1./s1. The smallest absolute Gasteiger partial charge is 0.408 e. The van der Waals surface area contributed by atoms with Crippen LogP contribution < -0.4 is 16.2 Å². The van der Waals surface area contributed by atoms with Crippen LogP contribution in [0.5, 0.6) is 0 Å². The molecule has 0 aromatic heterocycles. The third-order valence-electron chi connectivity index (χ3n) is 3.29. The predicted molar refractivity (Wildman–Crippen MR) is 107 cm³/mol. The molecule has 6 nitrogen and oxygen atoms in total. The van der Waals surface area contributed by atoms with E-state index in [1.54, 1.807) is 40.9 Å². The zero-order valence-electron chi connectivity index (χ0n) is 16.7. The summed E-state index contributed by atoms with van der Waals surface area (Å²) in [6.07, 6.45) is 5.47. The molecule has 0 fully saturated rings. The summed E-state index contributed by atoms with van der Waals surface area (Å²) in [6.45, 7) is 9.58. The highest BCUT2D eigenvalue weighted by atomic mass is 35.5. The van der Waals surface area contributed by atoms with Crippen LogP contribution in [-0.4, -0.2) is 46.1 Å². The van der Waals surface area contributed by atoms with E-state index in [9.17, 15) is 14.7 Å². The maximum atomic E-state index is 11.5. The van der Waals surface area contributed by atoms with Crippen molar-refractivity contribution in [2.24, 2.45) is 0 Å². The van der Waals surface area contributed by atoms with Crippen molar-refractivity contribution in [1.29, 1.82) is 0 Å². The molecule has 0 aromatic rings. The Morgan fingerprint density at radius 2 is 1.69 bits per heavy atom. The van der Waals surface area contributed by atoms with Gasteiger partial charge in [0.2, 0.25) is 0 Å². The predicted octanol–water partition coefficient (Wildman–Crippen LogP) is 2.36. The highest BCUT2D eigenvalue weighted by molar-refractivity contribution is 8.00. The molecule has 0 aromatic carbocycles. The molecule has 1 amide bonds. The molecule has 9 heteroatoms. The van der Waals surface area contributed by atoms with E-state index in [2.05, 4.69) is 11.1 Å². The maximum Gasteiger partial charge on any atom is 0.408 e. The van der Waals surface area contributed by atoms with Gasteiger partial charge in [-0.15, -0.1) is 23.2 Å². The van der Waals surface area contributed by atoms with Gasteiger partial charge in [0.05, 0.1) is 18.6 Å². The number of thioether (sulfide) groups is 1. The molecule has 0 rings (SSSR count). The van der Waals surface area contributed by atoms with Crippen LogP contribution in [-0.2, 0) is 9.53 Å². The lowest BCUT2D eigenvalue weighted by Crippen LogP contribution is -2.58. The van der Waals surface area contributed by atoms with Crippen molar-refractivity contribution < 1.29 is 25.2 Å². The van der Waals surface area contributed by atoms with Crippen molar-refractivity contribution in [2.75, 3.05) is 12.8 Å². The number of ether oxygens (including phenoxy) is 1. The van der Waals surface area contributed by atoms with Crippen LogP contribution in [0.1, 0.15) is 60.3 Å². The number of hydrogen-bond acceptors (Lipinski definition) is 5. The summed E-state index contributed by atoms with van der Waals surface area (Å²) in [7, 11) is 0. The van der Waals surface area contributed by atoms with Crippen LogP contribution in [0.25, 0.3) is 0 Å². The normalized spacial score (nSPS) is 12.8. The molecule has 0 spiro atoms. The molecule has 0 bridgehead atoms. The van der Waals surface area contributed by atoms with Gasteiger partial charge >= 0.3 is 6.09 Å². The second-order valence-electron chi connectivity index (χ2n) is 7.30. The summed E-state index contributed by atoms with van der Waals surface area (Å²) >= 11 is 12.3. The fraction of sp³-hybridized carbons (Fsp3) is 0.882. The number of halogens is 2. The summed E-state index contributed by atoms with van der Waals surface area (Å²) in [6, 6.07) is -1.10. The Morgan fingerprint density at radius 3 is 2.04 bits per heavy atom. The Morgan fingerprint density at radius 1 is 1.15 bits per heavy atom. The summed E-state index contributed by atoms with van der Waals surface area (Å²) in [5, 5.41) is 13.3. The molecule has 26 heavy (non-hydrogen) atoms. The van der Waals surface area contributed by atoms with Crippen molar-refractivity contribution in [3.05, 3.63) is 0 Å². The molecule has 0 saturated heterocycles. The van der Waals surface area contributed by atoms with Crippen LogP contribution in [0.15, 0.2) is 0 Å². The van der Waals surface area contributed by atoms with Gasteiger partial charge < -0.3 is 25.7 Å². The fourth-order valence-corrected chi connectivity index (χ4v) is 2.41. The molecule has 4 N–H and O–H groups in total. The minimum Gasteiger partial charge on any atom is -0.548 e. The highest BCUT2D eigenvalue weighted by Gasteiger charge is 2.32. The zero-order chi connectivity index (χ0) is 21.0. The van der Waals surface area contributed by atoms with Gasteiger partial charge in [0, 0.05) is 4.75 Å². The molecule has 0 unspecified atom stereocenters. The molecule has 1 atom stereocenters. The van der Waals surface area contributed by atoms with Crippen LogP contribution in [0.4, 0.5) is 4.79 Å². The number of carbonyl (C=O) groups excluding carboxylic acids is 2. The van der Waals surface area contributed by atoms with E-state index in [1.807, 2.05) is 0 Å². The third-order valence-corrected chi connectivity index (χ3v) is 5.01. The SMILES string of the molecule is CSC(C)(C)[C@H](NC(=O)OC(C)(C)C)C(=O)[O-].[NH3+]CCCCCC(Cl)Cl. The van der Waals surface area contributed by atoms with Crippen molar-refractivity contribution >= 4 is 47.0 Å². The summed E-state index contributed by atoms with van der Waals surface area (Å²) in [5.74, 6) is -1.32. The monoisotopic (exact) mass is 432 g/mol. The first-order valence-corrected chi connectivity index (χ1v) is 10.7. The van der Waals surface area contributed by atoms with Crippen LogP contribution >= 0.6 is 35.0 Å². The first kappa shape index (κ1) is 27.8. The topological polar surface area (TPSA) is 106 Å². The number of quaternary nitrogens is 1. The quantitative estimate of drug-likeness (QED) is 0.429. The number of aliphatic carboxylic acids is 1. The molecule has 0 aliphatic rings. The average Bonchev–Trinajstić information content (AvgIpc) is 2.47. The first-order valence-electron chi connectivity index (χ1n) is 8.59. The van der Waals surface area contributed by atoms with E-state index in [4.69, 9.17) is 27.9 Å². The number of carbonyl (C=O) groups is 2. The third kappa shape index (κ3) is 15.9. The minimum atomic E-state index is -1.32. The number of unbranched alkanes of at least 4 members (excludes halogenated alkanes) is 2. The average molecular weight is 433 g/mol. The van der Waals surface area contributed by atoms with Gasteiger partial charge in [-0.25, -0.2) is 4.79 Å². The van der Waals surface area contributed by atoms with Crippen molar-refractivity contribution in [3.63, 3.8) is 0 Å². The molecule has 0 saturated carbocycles. The number of amides is 1. The van der Waals surface area contributed by atoms with Crippen LogP contribution in [0.2, 0.25) is 0 Å². The highest BCUT2D eigenvalue weighted by Crippen LogP contribution is 2.25. The first-order chi connectivity index (χ1) is 11.8. The van der Waals surface area contributed by atoms with E-state index >= 15 is 0 Å². The van der Waals surface area contributed by atoms with Gasteiger partial charge in [-0.2, -0.15) is 11.8 Å². The van der Waals surface area contributed by atoms with E-state index in [0.29, 0.717) is 0 Å². The number of carboxylic acids is 1. The summed E-state index contributed by atoms with van der Waals surface area (Å²) in [5.41, 5.74) is 3.07. The molecule has 156 valence electrons. The lowest BCUT2D eigenvalue weighted by Gasteiger charge is -2.34. The Kier molecular flexibility index (Phi) is 14.7. The Labute approximate surface area is 171 Å². The van der Waals surface area contributed by atoms with Gasteiger partial charge in [0.1, 0.15) is 10.4 Å². The minimum absolute atomic E-state index is 0.171.